The minimum Gasteiger partial charge on any atom is -0.408 e. The third kappa shape index (κ3) is 2.85. The van der Waals surface area contributed by atoms with Crippen LogP contribution in [0.15, 0.2) is 28.8 Å². The fraction of sp³-hybridized carbons (Fsp3) is 0.462. The first kappa shape index (κ1) is 13.2. The zero-order valence-electron chi connectivity index (χ0n) is 11.1. The molecule has 1 aliphatic heterocycles. The molecule has 2 aromatic heterocycles. The van der Waals surface area contributed by atoms with Gasteiger partial charge in [-0.2, -0.15) is 0 Å². The molecule has 0 N–H and O–H groups in total. The number of nitrogens with zero attached hydrogens (tertiary/aromatic N) is 5. The molecule has 0 radical (unpaired) electrons. The lowest BCUT2D eigenvalue weighted by Gasteiger charge is -2.34. The van der Waals surface area contributed by atoms with Crippen LogP contribution < -0.4 is 9.80 Å². The number of aryl methyl sites for hydroxylation is 1. The van der Waals surface area contributed by atoms with Crippen molar-refractivity contribution < 1.29 is 4.42 Å². The molecule has 1 fully saturated rings. The van der Waals surface area contributed by atoms with E-state index in [0.29, 0.717) is 24.2 Å². The second kappa shape index (κ2) is 6.09. The molecule has 1 aliphatic rings. The molecular weight excluding hydrogens is 278 g/mol. The summed E-state index contributed by atoms with van der Waals surface area (Å²) in [7, 11) is 0. The topological polar surface area (TPSA) is 58.3 Å². The number of anilines is 2. The van der Waals surface area contributed by atoms with E-state index < -0.39 is 0 Å². The zero-order valence-corrected chi connectivity index (χ0v) is 11.8. The van der Waals surface area contributed by atoms with Gasteiger partial charge in [0.2, 0.25) is 5.89 Å². The fourth-order valence-electron chi connectivity index (χ4n) is 2.22. The van der Waals surface area contributed by atoms with Gasteiger partial charge in [0.05, 0.1) is 0 Å². The van der Waals surface area contributed by atoms with E-state index in [1.807, 2.05) is 24.4 Å². The maximum atomic E-state index is 5.66. The molecule has 7 heteroatoms. The van der Waals surface area contributed by atoms with Gasteiger partial charge in [-0.25, -0.2) is 4.98 Å². The molecule has 3 rings (SSSR count). The van der Waals surface area contributed by atoms with Gasteiger partial charge in [0.15, 0.2) is 0 Å². The number of piperazine rings is 1. The Balaban J connectivity index is 1.60. The second-order valence-corrected chi connectivity index (χ2v) is 4.96. The van der Waals surface area contributed by atoms with E-state index in [4.69, 9.17) is 16.0 Å². The number of hydrogen-bond acceptors (Lipinski definition) is 6. The minimum atomic E-state index is 0.495. The third-order valence-corrected chi connectivity index (χ3v) is 3.48. The van der Waals surface area contributed by atoms with Gasteiger partial charge in [-0.1, -0.05) is 11.2 Å². The number of pyridine rings is 1. The van der Waals surface area contributed by atoms with Gasteiger partial charge < -0.3 is 14.2 Å². The Morgan fingerprint density at radius 2 is 1.90 bits per heavy atom. The predicted molar refractivity (Wildman–Crippen MR) is 77.4 cm³/mol. The molecule has 0 aromatic carbocycles. The summed E-state index contributed by atoms with van der Waals surface area (Å²) in [6.45, 7) is 3.48. The highest BCUT2D eigenvalue weighted by atomic mass is 35.5. The lowest BCUT2D eigenvalue weighted by atomic mass is 10.3. The van der Waals surface area contributed by atoms with Gasteiger partial charge in [0, 0.05) is 44.7 Å². The van der Waals surface area contributed by atoms with Crippen LogP contribution >= 0.6 is 11.6 Å². The SMILES string of the molecule is ClCCc1nnc(N2CCN(c3ccccn3)CC2)o1. The quantitative estimate of drug-likeness (QED) is 0.798. The Morgan fingerprint density at radius 1 is 1.10 bits per heavy atom. The molecule has 0 amide bonds. The maximum absolute atomic E-state index is 5.66. The highest BCUT2D eigenvalue weighted by Crippen LogP contribution is 2.18. The van der Waals surface area contributed by atoms with Crippen molar-refractivity contribution in [1.29, 1.82) is 0 Å². The molecule has 0 saturated carbocycles. The summed E-state index contributed by atoms with van der Waals surface area (Å²) in [6.07, 6.45) is 2.43. The number of aromatic nitrogens is 3. The molecular formula is C13H16ClN5O. The number of rotatable bonds is 4. The standard InChI is InChI=1S/C13H16ClN5O/c14-5-4-12-16-17-13(20-12)19-9-7-18(8-10-19)11-3-1-2-6-15-11/h1-3,6H,4-5,7-10H2. The van der Waals surface area contributed by atoms with Crippen molar-refractivity contribution in [2.75, 3.05) is 41.9 Å². The summed E-state index contributed by atoms with van der Waals surface area (Å²) in [5.41, 5.74) is 0. The first-order chi connectivity index (χ1) is 9.86. The molecule has 0 unspecified atom stereocenters. The van der Waals surface area contributed by atoms with E-state index in [0.717, 1.165) is 32.0 Å². The first-order valence-electron chi connectivity index (χ1n) is 6.66. The Bertz CT molecular complexity index is 539. The van der Waals surface area contributed by atoms with Crippen molar-refractivity contribution in [3.63, 3.8) is 0 Å². The summed E-state index contributed by atoms with van der Waals surface area (Å²) in [5, 5.41) is 8.06. The molecule has 2 aromatic rings. The third-order valence-electron chi connectivity index (χ3n) is 3.29. The van der Waals surface area contributed by atoms with Gasteiger partial charge in [0.1, 0.15) is 5.82 Å². The average Bonchev–Trinajstić information content (AvgIpc) is 2.97. The van der Waals surface area contributed by atoms with Crippen LogP contribution in [0.25, 0.3) is 0 Å². The van der Waals surface area contributed by atoms with Crippen LogP contribution in [0.5, 0.6) is 0 Å². The van der Waals surface area contributed by atoms with Gasteiger partial charge >= 0.3 is 6.01 Å². The molecule has 1 saturated heterocycles. The Kier molecular flexibility index (Phi) is 4.01. The van der Waals surface area contributed by atoms with Crippen molar-refractivity contribution in [3.05, 3.63) is 30.3 Å². The lowest BCUT2D eigenvalue weighted by molar-refractivity contribution is 0.479. The molecule has 6 nitrogen and oxygen atoms in total. The maximum Gasteiger partial charge on any atom is 0.318 e. The smallest absolute Gasteiger partial charge is 0.318 e. The van der Waals surface area contributed by atoms with E-state index >= 15 is 0 Å². The summed E-state index contributed by atoms with van der Waals surface area (Å²) in [4.78, 5) is 8.73. The summed E-state index contributed by atoms with van der Waals surface area (Å²) in [5.74, 6) is 2.11. The van der Waals surface area contributed by atoms with Crippen LogP contribution in [0.2, 0.25) is 0 Å². The minimum absolute atomic E-state index is 0.495. The van der Waals surface area contributed by atoms with Gasteiger partial charge in [0.25, 0.3) is 0 Å². The van der Waals surface area contributed by atoms with Gasteiger partial charge in [-0.05, 0) is 12.1 Å². The van der Waals surface area contributed by atoms with Crippen LogP contribution in [0.4, 0.5) is 11.8 Å². The average molecular weight is 294 g/mol. The number of halogens is 1. The molecule has 3 heterocycles. The van der Waals surface area contributed by atoms with Gasteiger partial charge in [-0.3, -0.25) is 0 Å². The number of hydrogen-bond donors (Lipinski definition) is 0. The van der Waals surface area contributed by atoms with Crippen LogP contribution in [0.3, 0.4) is 0 Å². The normalized spacial score (nSPS) is 15.7. The lowest BCUT2D eigenvalue weighted by Crippen LogP contribution is -2.47. The van der Waals surface area contributed by atoms with E-state index in [2.05, 4.69) is 25.0 Å². The fourth-order valence-corrected chi connectivity index (χ4v) is 2.38. The van der Waals surface area contributed by atoms with Crippen molar-refractivity contribution >= 4 is 23.4 Å². The van der Waals surface area contributed by atoms with Crippen LogP contribution in [-0.2, 0) is 6.42 Å². The van der Waals surface area contributed by atoms with E-state index in [-0.39, 0.29) is 0 Å². The highest BCUT2D eigenvalue weighted by molar-refractivity contribution is 6.17. The highest BCUT2D eigenvalue weighted by Gasteiger charge is 2.21. The monoisotopic (exact) mass is 293 g/mol. The van der Waals surface area contributed by atoms with Crippen molar-refractivity contribution in [3.8, 4) is 0 Å². The Morgan fingerprint density at radius 3 is 2.60 bits per heavy atom. The Labute approximate surface area is 122 Å². The summed E-state index contributed by atoms with van der Waals surface area (Å²) < 4.78 is 5.59. The second-order valence-electron chi connectivity index (χ2n) is 4.58. The molecule has 20 heavy (non-hydrogen) atoms. The summed E-state index contributed by atoms with van der Waals surface area (Å²) >= 11 is 5.66. The van der Waals surface area contributed by atoms with E-state index in [1.54, 1.807) is 0 Å². The molecule has 0 aliphatic carbocycles. The predicted octanol–water partition coefficient (Wildman–Crippen LogP) is 1.57. The molecule has 0 bridgehead atoms. The summed E-state index contributed by atoms with van der Waals surface area (Å²) in [6, 6.07) is 6.55. The van der Waals surface area contributed by atoms with Crippen molar-refractivity contribution in [2.24, 2.45) is 0 Å². The van der Waals surface area contributed by atoms with Crippen LogP contribution in [0, 0.1) is 0 Å². The van der Waals surface area contributed by atoms with Gasteiger partial charge in [-0.15, -0.1) is 16.7 Å². The van der Waals surface area contributed by atoms with Crippen LogP contribution in [0.1, 0.15) is 5.89 Å². The zero-order chi connectivity index (χ0) is 13.8. The largest absolute Gasteiger partial charge is 0.408 e. The van der Waals surface area contributed by atoms with Crippen molar-refractivity contribution in [2.45, 2.75) is 6.42 Å². The molecule has 0 atom stereocenters. The van der Waals surface area contributed by atoms with E-state index in [1.165, 1.54) is 0 Å². The van der Waals surface area contributed by atoms with Crippen molar-refractivity contribution in [1.82, 2.24) is 15.2 Å². The first-order valence-corrected chi connectivity index (χ1v) is 7.19. The van der Waals surface area contributed by atoms with Crippen LogP contribution in [-0.4, -0.2) is 47.2 Å². The molecule has 0 spiro atoms. The Hall–Kier alpha value is -1.82. The molecule has 106 valence electrons. The van der Waals surface area contributed by atoms with E-state index in [9.17, 15) is 0 Å². The number of alkyl halides is 1.